The number of rotatable bonds is 3. The fourth-order valence-electron chi connectivity index (χ4n) is 2.04. The van der Waals surface area contributed by atoms with Crippen molar-refractivity contribution in [2.75, 3.05) is 6.54 Å². The Morgan fingerprint density at radius 1 is 1.56 bits per heavy atom. The number of β-amino-alcohol motifs (C(OH)–C–C–N with tert-alkyl or cyclic N) is 1. The Hall–Kier alpha value is -1.31. The van der Waals surface area contributed by atoms with Gasteiger partial charge in [-0.15, -0.1) is 11.3 Å². The highest BCUT2D eigenvalue weighted by Crippen LogP contribution is 2.22. The summed E-state index contributed by atoms with van der Waals surface area (Å²) in [5, 5.41) is 19.6. The average Bonchev–Trinajstić information content (AvgIpc) is 3.01. The molecule has 0 saturated carbocycles. The predicted molar refractivity (Wildman–Crippen MR) is 65.3 cm³/mol. The zero-order valence-electron chi connectivity index (χ0n) is 9.96. The standard InChI is InChI=1S/C11H14N4O2S/c1-6-13-7(5-18-6)2-10-14-11(17-15-10)9-3-8(16)4-12-9/h5,8-9,12,16H,2-4H2,1H3/t8-,9-/m1/s1. The average molecular weight is 266 g/mol. The van der Waals surface area contributed by atoms with E-state index >= 15 is 0 Å². The van der Waals surface area contributed by atoms with E-state index in [1.54, 1.807) is 11.3 Å². The maximum Gasteiger partial charge on any atom is 0.243 e. The molecule has 3 rings (SSSR count). The second-order valence-corrected chi connectivity index (χ2v) is 5.50. The predicted octanol–water partition coefficient (Wildman–Crippen LogP) is 0.821. The molecule has 2 N–H and O–H groups in total. The first-order valence-electron chi connectivity index (χ1n) is 5.85. The third-order valence-electron chi connectivity index (χ3n) is 2.90. The molecule has 2 aromatic heterocycles. The molecule has 6 nitrogen and oxygen atoms in total. The van der Waals surface area contributed by atoms with Gasteiger partial charge in [-0.25, -0.2) is 4.98 Å². The number of nitrogens with one attached hydrogen (secondary N) is 1. The molecule has 0 radical (unpaired) electrons. The first-order valence-corrected chi connectivity index (χ1v) is 6.73. The molecule has 0 aliphatic carbocycles. The molecule has 7 heteroatoms. The Balaban J connectivity index is 1.70. The van der Waals surface area contributed by atoms with Crippen molar-refractivity contribution in [2.45, 2.75) is 31.9 Å². The monoisotopic (exact) mass is 266 g/mol. The highest BCUT2D eigenvalue weighted by Gasteiger charge is 2.28. The number of aliphatic hydroxyl groups is 1. The maximum absolute atomic E-state index is 9.44. The topological polar surface area (TPSA) is 84.1 Å². The lowest BCUT2D eigenvalue weighted by Crippen LogP contribution is -2.15. The van der Waals surface area contributed by atoms with Crippen LogP contribution >= 0.6 is 11.3 Å². The highest BCUT2D eigenvalue weighted by molar-refractivity contribution is 7.09. The Labute approximate surface area is 108 Å². The summed E-state index contributed by atoms with van der Waals surface area (Å²) in [5.41, 5.74) is 0.962. The van der Waals surface area contributed by atoms with Gasteiger partial charge >= 0.3 is 0 Å². The van der Waals surface area contributed by atoms with Gasteiger partial charge in [0.25, 0.3) is 0 Å². The minimum atomic E-state index is -0.327. The summed E-state index contributed by atoms with van der Waals surface area (Å²) in [7, 11) is 0. The number of aromatic nitrogens is 3. The van der Waals surface area contributed by atoms with Crippen molar-refractivity contribution in [2.24, 2.45) is 0 Å². The van der Waals surface area contributed by atoms with Gasteiger partial charge in [0.1, 0.15) is 0 Å². The van der Waals surface area contributed by atoms with Crippen LogP contribution in [0.25, 0.3) is 0 Å². The van der Waals surface area contributed by atoms with Crippen LogP contribution in [0.5, 0.6) is 0 Å². The Kier molecular flexibility index (Phi) is 3.11. The van der Waals surface area contributed by atoms with Gasteiger partial charge in [-0.05, 0) is 13.3 Å². The lowest BCUT2D eigenvalue weighted by atomic mass is 10.2. The summed E-state index contributed by atoms with van der Waals surface area (Å²) in [6.45, 7) is 2.55. The second-order valence-electron chi connectivity index (χ2n) is 4.43. The number of hydrogen-bond acceptors (Lipinski definition) is 7. The molecule has 0 bridgehead atoms. The summed E-state index contributed by atoms with van der Waals surface area (Å²) >= 11 is 1.61. The molecule has 1 saturated heterocycles. The van der Waals surface area contributed by atoms with E-state index in [1.165, 1.54) is 0 Å². The molecule has 1 aliphatic heterocycles. The second kappa shape index (κ2) is 4.75. The van der Waals surface area contributed by atoms with Gasteiger partial charge in [-0.1, -0.05) is 5.16 Å². The van der Waals surface area contributed by atoms with Crippen molar-refractivity contribution < 1.29 is 9.63 Å². The van der Waals surface area contributed by atoms with E-state index in [1.807, 2.05) is 12.3 Å². The Bertz CT molecular complexity index is 539. The zero-order valence-corrected chi connectivity index (χ0v) is 10.8. The third-order valence-corrected chi connectivity index (χ3v) is 3.72. The lowest BCUT2D eigenvalue weighted by molar-refractivity contribution is 0.191. The molecular weight excluding hydrogens is 252 g/mol. The SMILES string of the molecule is Cc1nc(Cc2noc([C@H]3C[C@@H](O)CN3)n2)cs1. The molecule has 3 heterocycles. The molecule has 1 aliphatic rings. The summed E-state index contributed by atoms with van der Waals surface area (Å²) < 4.78 is 5.22. The molecule has 0 spiro atoms. The summed E-state index contributed by atoms with van der Waals surface area (Å²) in [5.74, 6) is 1.19. The third kappa shape index (κ3) is 2.43. The first-order chi connectivity index (χ1) is 8.70. The van der Waals surface area contributed by atoms with Crippen LogP contribution in [0.4, 0.5) is 0 Å². The Morgan fingerprint density at radius 3 is 3.11 bits per heavy atom. The van der Waals surface area contributed by atoms with E-state index in [-0.39, 0.29) is 12.1 Å². The molecule has 2 aromatic rings. The first kappa shape index (κ1) is 11.8. The van der Waals surface area contributed by atoms with Crippen LogP contribution in [-0.2, 0) is 6.42 Å². The normalized spacial score (nSPS) is 23.7. The molecular formula is C11H14N4O2S. The fraction of sp³-hybridized carbons (Fsp3) is 0.545. The van der Waals surface area contributed by atoms with Crippen LogP contribution in [0, 0.1) is 6.92 Å². The molecule has 96 valence electrons. The number of aryl methyl sites for hydroxylation is 1. The van der Waals surface area contributed by atoms with Gasteiger partial charge < -0.3 is 14.9 Å². The van der Waals surface area contributed by atoms with Gasteiger partial charge in [-0.3, -0.25) is 0 Å². The van der Waals surface area contributed by atoms with E-state index in [2.05, 4.69) is 20.4 Å². The van der Waals surface area contributed by atoms with Gasteiger partial charge in [-0.2, -0.15) is 4.98 Å². The van der Waals surface area contributed by atoms with Crippen molar-refractivity contribution in [1.82, 2.24) is 20.4 Å². The maximum atomic E-state index is 9.44. The van der Waals surface area contributed by atoms with E-state index in [4.69, 9.17) is 4.52 Å². The molecule has 0 amide bonds. The number of thiazole rings is 1. The largest absolute Gasteiger partial charge is 0.392 e. The van der Waals surface area contributed by atoms with E-state index < -0.39 is 0 Å². The van der Waals surface area contributed by atoms with Gasteiger partial charge in [0.15, 0.2) is 5.82 Å². The van der Waals surface area contributed by atoms with Crippen molar-refractivity contribution in [3.05, 3.63) is 27.8 Å². The smallest absolute Gasteiger partial charge is 0.243 e. The summed E-state index contributed by atoms with van der Waals surface area (Å²) in [6.07, 6.45) is 0.882. The van der Waals surface area contributed by atoms with E-state index in [9.17, 15) is 5.11 Å². The fourth-order valence-corrected chi connectivity index (χ4v) is 2.65. The molecule has 0 aromatic carbocycles. The van der Waals surface area contributed by atoms with Crippen LogP contribution in [-0.4, -0.2) is 32.9 Å². The molecule has 1 fully saturated rings. The number of aliphatic hydroxyl groups excluding tert-OH is 1. The highest BCUT2D eigenvalue weighted by atomic mass is 32.1. The van der Waals surface area contributed by atoms with Gasteiger partial charge in [0.2, 0.25) is 5.89 Å². The van der Waals surface area contributed by atoms with E-state index in [0.717, 1.165) is 10.7 Å². The molecule has 2 atom stereocenters. The minimum Gasteiger partial charge on any atom is -0.392 e. The molecule has 18 heavy (non-hydrogen) atoms. The van der Waals surface area contributed by atoms with Crippen molar-refractivity contribution >= 4 is 11.3 Å². The number of nitrogens with zero attached hydrogens (tertiary/aromatic N) is 3. The number of hydrogen-bond donors (Lipinski definition) is 2. The summed E-state index contributed by atoms with van der Waals surface area (Å²) in [6, 6.07) is -0.0292. The van der Waals surface area contributed by atoms with Crippen LogP contribution in [0.1, 0.15) is 34.9 Å². The van der Waals surface area contributed by atoms with Gasteiger partial charge in [0.05, 0.1) is 29.3 Å². The van der Waals surface area contributed by atoms with Crippen LogP contribution in [0.2, 0.25) is 0 Å². The van der Waals surface area contributed by atoms with Gasteiger partial charge in [0, 0.05) is 11.9 Å². The Morgan fingerprint density at radius 2 is 2.44 bits per heavy atom. The summed E-state index contributed by atoms with van der Waals surface area (Å²) in [4.78, 5) is 8.71. The lowest BCUT2D eigenvalue weighted by Gasteiger charge is -2.01. The van der Waals surface area contributed by atoms with Crippen molar-refractivity contribution in [3.8, 4) is 0 Å². The quantitative estimate of drug-likeness (QED) is 0.855. The minimum absolute atomic E-state index is 0.0292. The van der Waals surface area contributed by atoms with Crippen molar-refractivity contribution in [1.29, 1.82) is 0 Å². The van der Waals surface area contributed by atoms with Crippen LogP contribution in [0.3, 0.4) is 0 Å². The van der Waals surface area contributed by atoms with E-state index in [0.29, 0.717) is 31.1 Å². The van der Waals surface area contributed by atoms with Crippen molar-refractivity contribution in [3.63, 3.8) is 0 Å². The molecule has 0 unspecified atom stereocenters. The van der Waals surface area contributed by atoms with Crippen LogP contribution < -0.4 is 5.32 Å². The zero-order chi connectivity index (χ0) is 12.5. The van der Waals surface area contributed by atoms with Crippen LogP contribution in [0.15, 0.2) is 9.90 Å².